The molecule has 1 nitrogen and oxygen atoms in total. The topological polar surface area (TPSA) is 20.2 Å². The van der Waals surface area contributed by atoms with Gasteiger partial charge >= 0.3 is 0 Å². The van der Waals surface area contributed by atoms with Crippen LogP contribution in [-0.4, -0.2) is 11.4 Å². The molecular formula is C9H11OS. The first-order valence-corrected chi connectivity index (χ1v) is 4.62. The highest BCUT2D eigenvalue weighted by atomic mass is 32.2. The number of hydrogen-bond acceptors (Lipinski definition) is 2. The van der Waals surface area contributed by atoms with Gasteiger partial charge in [0.05, 0.1) is 0 Å². The Balaban J connectivity index is 3.02. The second kappa shape index (κ2) is 3.79. The Morgan fingerprint density at radius 2 is 2.09 bits per heavy atom. The van der Waals surface area contributed by atoms with Gasteiger partial charge in [-0.2, -0.15) is 0 Å². The molecule has 0 saturated carbocycles. The van der Waals surface area contributed by atoms with Crippen molar-refractivity contribution >= 4 is 11.8 Å². The molecule has 0 saturated heterocycles. The lowest BCUT2D eigenvalue weighted by Gasteiger charge is -2.01. The average Bonchev–Trinajstić information content (AvgIpc) is 2.03. The van der Waals surface area contributed by atoms with Crippen molar-refractivity contribution in [2.45, 2.75) is 11.8 Å². The Kier molecular flexibility index (Phi) is 2.97. The molecule has 1 radical (unpaired) electrons. The summed E-state index contributed by atoms with van der Waals surface area (Å²) < 4.78 is 0. The molecule has 0 heterocycles. The van der Waals surface area contributed by atoms with Crippen molar-refractivity contribution in [3.8, 4) is 0 Å². The first-order valence-electron chi connectivity index (χ1n) is 3.39. The van der Waals surface area contributed by atoms with Crippen molar-refractivity contribution in [2.24, 2.45) is 0 Å². The quantitative estimate of drug-likeness (QED) is 0.683. The summed E-state index contributed by atoms with van der Waals surface area (Å²) in [6, 6.07) is 6.00. The van der Waals surface area contributed by atoms with Crippen LogP contribution in [0.15, 0.2) is 23.1 Å². The van der Waals surface area contributed by atoms with Crippen molar-refractivity contribution in [3.63, 3.8) is 0 Å². The molecule has 59 valence electrons. The van der Waals surface area contributed by atoms with E-state index in [1.54, 1.807) is 11.8 Å². The molecule has 0 bridgehead atoms. The van der Waals surface area contributed by atoms with Gasteiger partial charge < -0.3 is 5.11 Å². The van der Waals surface area contributed by atoms with Gasteiger partial charge in [0.2, 0.25) is 0 Å². The minimum Gasteiger partial charge on any atom is -0.385 e. The maximum Gasteiger partial charge on any atom is 0.109 e. The Morgan fingerprint density at radius 1 is 1.36 bits per heavy atom. The van der Waals surface area contributed by atoms with E-state index in [0.717, 1.165) is 12.2 Å². The molecule has 0 aliphatic heterocycles. The largest absolute Gasteiger partial charge is 0.385 e. The molecule has 0 atom stereocenters. The van der Waals surface area contributed by atoms with Crippen LogP contribution < -0.4 is 0 Å². The third-order valence-electron chi connectivity index (χ3n) is 1.46. The second-order valence-corrected chi connectivity index (χ2v) is 3.29. The zero-order chi connectivity index (χ0) is 8.27. The summed E-state index contributed by atoms with van der Waals surface area (Å²) in [6.07, 6.45) is 2.02. The molecule has 0 aliphatic carbocycles. The summed E-state index contributed by atoms with van der Waals surface area (Å²) in [5.74, 6) is 0. The molecule has 0 fully saturated rings. The maximum absolute atomic E-state index is 8.75. The normalized spacial score (nSPS) is 10.1. The van der Waals surface area contributed by atoms with Crippen molar-refractivity contribution < 1.29 is 5.11 Å². The Morgan fingerprint density at radius 3 is 2.64 bits per heavy atom. The minimum absolute atomic E-state index is 0.870. The van der Waals surface area contributed by atoms with Gasteiger partial charge in [0.25, 0.3) is 0 Å². The third kappa shape index (κ3) is 2.24. The molecule has 2 heteroatoms. The van der Waals surface area contributed by atoms with Gasteiger partial charge in [0.15, 0.2) is 0 Å². The van der Waals surface area contributed by atoms with Gasteiger partial charge in [-0.25, -0.2) is 0 Å². The highest BCUT2D eigenvalue weighted by Gasteiger charge is 1.95. The Bertz CT molecular complexity index is 223. The van der Waals surface area contributed by atoms with Crippen LogP contribution in [0.5, 0.6) is 0 Å². The predicted molar refractivity (Wildman–Crippen MR) is 48.3 cm³/mol. The number of aliphatic hydroxyl groups excluding tert-OH is 1. The number of aryl methyl sites for hydroxylation is 1. The molecule has 1 rings (SSSR count). The number of rotatable bonds is 2. The highest BCUT2D eigenvalue weighted by molar-refractivity contribution is 7.98. The van der Waals surface area contributed by atoms with Gasteiger partial charge in [0, 0.05) is 4.90 Å². The standard InChI is InChI=1S/C9H11OS/c1-7-3-8(6-10)5-9(4-7)11-2/h3-6,10H,1-2H3. The molecule has 0 unspecified atom stereocenters. The molecule has 0 aromatic heterocycles. The number of aliphatic hydroxyl groups is 1. The van der Waals surface area contributed by atoms with Gasteiger partial charge in [0.1, 0.15) is 6.61 Å². The summed E-state index contributed by atoms with van der Waals surface area (Å²) in [7, 11) is 0. The minimum atomic E-state index is 0.870. The first kappa shape index (κ1) is 8.62. The van der Waals surface area contributed by atoms with E-state index in [1.165, 1.54) is 10.5 Å². The van der Waals surface area contributed by atoms with Crippen LogP contribution in [0.25, 0.3) is 0 Å². The van der Waals surface area contributed by atoms with E-state index in [2.05, 4.69) is 6.07 Å². The molecule has 1 N–H and O–H groups in total. The van der Waals surface area contributed by atoms with E-state index >= 15 is 0 Å². The van der Waals surface area contributed by atoms with Crippen molar-refractivity contribution in [1.82, 2.24) is 0 Å². The van der Waals surface area contributed by atoms with Crippen LogP contribution in [0.1, 0.15) is 11.1 Å². The van der Waals surface area contributed by atoms with Crippen LogP contribution in [0.3, 0.4) is 0 Å². The number of benzene rings is 1. The Hall–Kier alpha value is -0.470. The van der Waals surface area contributed by atoms with E-state index in [9.17, 15) is 0 Å². The lowest BCUT2D eigenvalue weighted by atomic mass is 10.1. The van der Waals surface area contributed by atoms with Crippen LogP contribution in [0.2, 0.25) is 0 Å². The molecule has 1 aromatic carbocycles. The summed E-state index contributed by atoms with van der Waals surface area (Å²) in [4.78, 5) is 1.19. The number of thioether (sulfide) groups is 1. The van der Waals surface area contributed by atoms with Crippen LogP contribution in [-0.2, 0) is 0 Å². The monoisotopic (exact) mass is 167 g/mol. The zero-order valence-corrected chi connectivity index (χ0v) is 7.48. The second-order valence-electron chi connectivity index (χ2n) is 2.41. The van der Waals surface area contributed by atoms with E-state index in [-0.39, 0.29) is 0 Å². The zero-order valence-electron chi connectivity index (χ0n) is 6.66. The fraction of sp³-hybridized carbons (Fsp3) is 0.222. The van der Waals surface area contributed by atoms with E-state index < -0.39 is 0 Å². The number of hydrogen-bond donors (Lipinski definition) is 1. The van der Waals surface area contributed by atoms with E-state index in [0.29, 0.717) is 0 Å². The lowest BCUT2D eigenvalue weighted by molar-refractivity contribution is 0.414. The lowest BCUT2D eigenvalue weighted by Crippen LogP contribution is -1.83. The fourth-order valence-electron chi connectivity index (χ4n) is 0.969. The van der Waals surface area contributed by atoms with Gasteiger partial charge in [-0.3, -0.25) is 0 Å². The van der Waals surface area contributed by atoms with Crippen molar-refractivity contribution in [1.29, 1.82) is 0 Å². The van der Waals surface area contributed by atoms with Crippen LogP contribution in [0.4, 0.5) is 0 Å². The first-order chi connectivity index (χ1) is 5.26. The van der Waals surface area contributed by atoms with Crippen LogP contribution >= 0.6 is 11.8 Å². The smallest absolute Gasteiger partial charge is 0.109 e. The van der Waals surface area contributed by atoms with E-state index in [1.807, 2.05) is 25.3 Å². The molecule has 11 heavy (non-hydrogen) atoms. The summed E-state index contributed by atoms with van der Waals surface area (Å²) >= 11 is 1.68. The van der Waals surface area contributed by atoms with Gasteiger partial charge in [-0.15, -0.1) is 11.8 Å². The van der Waals surface area contributed by atoms with E-state index in [4.69, 9.17) is 5.11 Å². The summed E-state index contributed by atoms with van der Waals surface area (Å²) in [5.41, 5.74) is 2.05. The summed E-state index contributed by atoms with van der Waals surface area (Å²) in [5, 5.41) is 8.75. The maximum atomic E-state index is 8.75. The molecule has 0 aliphatic rings. The van der Waals surface area contributed by atoms with Crippen molar-refractivity contribution in [3.05, 3.63) is 35.9 Å². The molecule has 0 amide bonds. The van der Waals surface area contributed by atoms with Crippen LogP contribution in [0, 0.1) is 13.5 Å². The molecule has 1 aromatic rings. The van der Waals surface area contributed by atoms with Gasteiger partial charge in [-0.05, 0) is 36.4 Å². The third-order valence-corrected chi connectivity index (χ3v) is 2.17. The van der Waals surface area contributed by atoms with Gasteiger partial charge in [-0.1, -0.05) is 6.07 Å². The summed E-state index contributed by atoms with van der Waals surface area (Å²) in [6.45, 7) is 3.15. The highest BCUT2D eigenvalue weighted by Crippen LogP contribution is 2.18. The van der Waals surface area contributed by atoms with Crippen molar-refractivity contribution in [2.75, 3.05) is 6.26 Å². The fourth-order valence-corrected chi connectivity index (χ4v) is 1.53. The predicted octanol–water partition coefficient (Wildman–Crippen LogP) is 2.60. The SMILES string of the molecule is CSc1cc(C)cc([CH]O)c1. The average molecular weight is 167 g/mol. The Labute approximate surface area is 71.4 Å². The molecular weight excluding hydrogens is 156 g/mol. The molecule has 0 spiro atoms.